The number of ether oxygens (including phenoxy) is 2. The lowest BCUT2D eigenvalue weighted by atomic mass is 9.66. The predicted octanol–water partition coefficient (Wildman–Crippen LogP) is 2.89. The van der Waals surface area contributed by atoms with Crippen molar-refractivity contribution in [2.24, 2.45) is 11.3 Å². The average molecular weight is 592 g/mol. The fourth-order valence-electron chi connectivity index (χ4n) is 4.38. The highest BCUT2D eigenvalue weighted by Gasteiger charge is 2.50. The molecule has 2 unspecified atom stereocenters. The first-order chi connectivity index (χ1) is 17.8. The molecule has 1 aliphatic heterocycles. The molecule has 4 N–H and O–H groups in total. The van der Waals surface area contributed by atoms with Crippen molar-refractivity contribution in [3.63, 3.8) is 0 Å². The number of benzene rings is 1. The Bertz CT molecular complexity index is 1160. The molecule has 14 heteroatoms. The summed E-state index contributed by atoms with van der Waals surface area (Å²) in [6, 6.07) is 5.45. The van der Waals surface area contributed by atoms with Gasteiger partial charge in [0.15, 0.2) is 0 Å². The van der Waals surface area contributed by atoms with E-state index < -0.39 is 50.9 Å². The molecule has 220 valence electrons. The Balaban J connectivity index is 2.00. The Morgan fingerprint density at radius 2 is 1.77 bits per heavy atom. The minimum atomic E-state index is -4.53. The highest BCUT2D eigenvalue weighted by molar-refractivity contribution is 7.85. The molecule has 12 nitrogen and oxygen atoms in total. The number of aliphatic hydroxyl groups is 1. The number of halogens is 1. The van der Waals surface area contributed by atoms with Crippen LogP contribution in [0.25, 0.3) is 0 Å². The zero-order chi connectivity index (χ0) is 29.8. The first-order valence-electron chi connectivity index (χ1n) is 12.4. The molecule has 0 aromatic heterocycles. The Morgan fingerprint density at radius 1 is 1.18 bits per heavy atom. The third kappa shape index (κ3) is 8.95. The van der Waals surface area contributed by atoms with Crippen LogP contribution in [0.5, 0.6) is 0 Å². The second-order valence-corrected chi connectivity index (χ2v) is 13.1. The van der Waals surface area contributed by atoms with Crippen molar-refractivity contribution in [2.75, 3.05) is 25.6 Å². The van der Waals surface area contributed by atoms with Crippen LogP contribution >= 0.6 is 11.6 Å². The molecule has 1 aliphatic rings. The van der Waals surface area contributed by atoms with Crippen LogP contribution in [0.3, 0.4) is 0 Å². The van der Waals surface area contributed by atoms with Crippen LogP contribution in [0.1, 0.15) is 53.5 Å². The molecule has 0 saturated carbocycles. The van der Waals surface area contributed by atoms with Gasteiger partial charge in [-0.2, -0.15) is 8.42 Å². The molecule has 3 amide bonds. The largest absolute Gasteiger partial charge is 0.509 e. The van der Waals surface area contributed by atoms with Gasteiger partial charge in [-0.3, -0.25) is 9.35 Å². The molecule has 1 aromatic rings. The summed E-state index contributed by atoms with van der Waals surface area (Å²) >= 11 is 6.00. The van der Waals surface area contributed by atoms with E-state index in [4.69, 9.17) is 20.9 Å². The topological polar surface area (TPSA) is 172 Å². The highest BCUT2D eigenvalue weighted by Crippen LogP contribution is 2.46. The van der Waals surface area contributed by atoms with Crippen LogP contribution in [-0.4, -0.2) is 78.3 Å². The number of nitrogens with one attached hydrogen (secondary N) is 2. The molecular formula is C25H38ClN3O9S. The number of amides is 3. The summed E-state index contributed by atoms with van der Waals surface area (Å²) in [5.41, 5.74) is -2.47. The van der Waals surface area contributed by atoms with Gasteiger partial charge in [-0.05, 0) is 43.9 Å². The monoisotopic (exact) mass is 591 g/mol. The molecule has 0 radical (unpaired) electrons. The van der Waals surface area contributed by atoms with Gasteiger partial charge in [0.25, 0.3) is 0 Å². The normalized spacial score (nSPS) is 20.2. The Morgan fingerprint density at radius 3 is 2.28 bits per heavy atom. The van der Waals surface area contributed by atoms with Gasteiger partial charge in [-0.25, -0.2) is 9.59 Å². The second kappa shape index (κ2) is 12.3. The molecule has 1 aromatic carbocycles. The van der Waals surface area contributed by atoms with Gasteiger partial charge < -0.3 is 30.1 Å². The molecule has 1 heterocycles. The van der Waals surface area contributed by atoms with E-state index in [0.717, 1.165) is 0 Å². The number of nitrogens with zero attached hydrogens (tertiary/aromatic N) is 1. The summed E-state index contributed by atoms with van der Waals surface area (Å²) in [5, 5.41) is 17.3. The van der Waals surface area contributed by atoms with Crippen LogP contribution in [0.15, 0.2) is 24.3 Å². The summed E-state index contributed by atoms with van der Waals surface area (Å²) in [6.45, 7) is 10.6. The quantitative estimate of drug-likeness (QED) is 0.249. The van der Waals surface area contributed by atoms with Gasteiger partial charge in [-0.15, -0.1) is 0 Å². The number of carbonyl (C=O) groups is 3. The van der Waals surface area contributed by atoms with Gasteiger partial charge in [0.2, 0.25) is 11.8 Å². The van der Waals surface area contributed by atoms with Crippen molar-refractivity contribution in [2.45, 2.75) is 65.2 Å². The smallest absolute Gasteiger partial charge is 0.426 e. The van der Waals surface area contributed by atoms with Gasteiger partial charge in [-0.1, -0.05) is 51.4 Å². The number of carbonyl (C=O) groups excluding carboxylic acids is 3. The Labute approximate surface area is 234 Å². The molecule has 0 aliphatic carbocycles. The number of hydrogen-bond donors (Lipinski definition) is 4. The minimum Gasteiger partial charge on any atom is -0.426 e. The van der Waals surface area contributed by atoms with Crippen molar-refractivity contribution in [3.05, 3.63) is 34.9 Å². The summed E-state index contributed by atoms with van der Waals surface area (Å²) in [7, 11) is -4.53. The van der Waals surface area contributed by atoms with Crippen molar-refractivity contribution < 1.29 is 41.9 Å². The molecule has 1 saturated heterocycles. The minimum absolute atomic E-state index is 0.191. The van der Waals surface area contributed by atoms with E-state index in [2.05, 4.69) is 15.4 Å². The van der Waals surface area contributed by atoms with Crippen molar-refractivity contribution >= 4 is 39.8 Å². The predicted molar refractivity (Wildman–Crippen MR) is 144 cm³/mol. The zero-order valence-corrected chi connectivity index (χ0v) is 24.6. The highest BCUT2D eigenvalue weighted by atomic mass is 35.5. The van der Waals surface area contributed by atoms with Crippen molar-refractivity contribution in [1.82, 2.24) is 15.5 Å². The maximum Gasteiger partial charge on any atom is 0.509 e. The van der Waals surface area contributed by atoms with E-state index in [1.165, 1.54) is 13.8 Å². The number of piperidine rings is 1. The average Bonchev–Trinajstić information content (AvgIpc) is 2.81. The van der Waals surface area contributed by atoms with E-state index in [1.807, 2.05) is 13.8 Å². The fourth-order valence-corrected chi connectivity index (χ4v) is 4.75. The SMILES string of the molecule is CC(C)C(NC(=O)NCC(C)(C)OC(=O)OCS(=O)(=O)O)C(=O)N1CCC(O)(c2ccc(Cl)cc2)C(C)(C)C1. The van der Waals surface area contributed by atoms with E-state index >= 15 is 0 Å². The van der Waals surface area contributed by atoms with E-state index in [9.17, 15) is 27.9 Å². The lowest BCUT2D eigenvalue weighted by molar-refractivity contribution is -0.155. The van der Waals surface area contributed by atoms with Gasteiger partial charge in [0.1, 0.15) is 11.6 Å². The Hall–Kier alpha value is -2.61. The van der Waals surface area contributed by atoms with Crippen LogP contribution in [0, 0.1) is 11.3 Å². The number of hydrogen-bond acceptors (Lipinski definition) is 8. The van der Waals surface area contributed by atoms with Gasteiger partial charge in [0.05, 0.1) is 12.1 Å². The van der Waals surface area contributed by atoms with Crippen molar-refractivity contribution in [1.29, 1.82) is 0 Å². The molecule has 2 rings (SSSR count). The standard InChI is InChI=1S/C25H38ClN3O9S/c1-16(2)19(28-21(31)27-13-24(5,6)38-22(32)37-15-39(34,35)36)20(30)29-12-11-25(33,23(3,4)14-29)17-7-9-18(26)10-8-17/h7-10,16,19,33H,11-15H2,1-6H3,(H2,27,28,31)(H,34,35,36). The fraction of sp³-hybridized carbons (Fsp3) is 0.640. The van der Waals surface area contributed by atoms with E-state index in [1.54, 1.807) is 43.0 Å². The maximum absolute atomic E-state index is 13.5. The third-order valence-corrected chi connectivity index (χ3v) is 7.33. The molecule has 39 heavy (non-hydrogen) atoms. The van der Waals surface area contributed by atoms with E-state index in [-0.39, 0.29) is 31.5 Å². The maximum atomic E-state index is 13.5. The summed E-state index contributed by atoms with van der Waals surface area (Å²) < 4.78 is 39.3. The molecular weight excluding hydrogens is 554 g/mol. The lowest BCUT2D eigenvalue weighted by Gasteiger charge is -2.51. The van der Waals surface area contributed by atoms with Crippen molar-refractivity contribution in [3.8, 4) is 0 Å². The van der Waals surface area contributed by atoms with Crippen LogP contribution < -0.4 is 10.6 Å². The first-order valence-corrected chi connectivity index (χ1v) is 14.4. The molecule has 2 atom stereocenters. The van der Waals surface area contributed by atoms with Gasteiger partial charge in [0, 0.05) is 23.5 Å². The summed E-state index contributed by atoms with van der Waals surface area (Å²) in [5.74, 6) is -1.82. The zero-order valence-electron chi connectivity index (χ0n) is 23.0. The molecule has 0 spiro atoms. The Kier molecular flexibility index (Phi) is 10.3. The van der Waals surface area contributed by atoms with Gasteiger partial charge >= 0.3 is 22.3 Å². The van der Waals surface area contributed by atoms with Crippen LogP contribution in [-0.2, 0) is 30.0 Å². The number of likely N-dealkylation sites (tertiary alicyclic amines) is 1. The lowest BCUT2D eigenvalue weighted by Crippen LogP contribution is -2.61. The number of rotatable bonds is 9. The first kappa shape index (κ1) is 32.6. The van der Waals surface area contributed by atoms with Crippen LogP contribution in [0.4, 0.5) is 9.59 Å². The number of urea groups is 1. The van der Waals surface area contributed by atoms with Crippen LogP contribution in [0.2, 0.25) is 5.02 Å². The third-order valence-electron chi connectivity index (χ3n) is 6.66. The summed E-state index contributed by atoms with van der Waals surface area (Å²) in [4.78, 5) is 39.4. The molecule has 1 fully saturated rings. The molecule has 0 bridgehead atoms. The second-order valence-electron chi connectivity index (χ2n) is 11.3. The summed E-state index contributed by atoms with van der Waals surface area (Å²) in [6.07, 6.45) is -1.05. The van der Waals surface area contributed by atoms with E-state index in [0.29, 0.717) is 17.0 Å².